The molecule has 1 atom stereocenters. The Labute approximate surface area is 93.6 Å². The maximum atomic E-state index is 10.7. The number of non-ortho nitro benzene ring substituents is 1. The lowest BCUT2D eigenvalue weighted by Crippen LogP contribution is -2.14. The van der Waals surface area contributed by atoms with Gasteiger partial charge < -0.3 is 10.1 Å². The highest BCUT2D eigenvalue weighted by molar-refractivity contribution is 5.45. The van der Waals surface area contributed by atoms with Crippen LogP contribution in [0.4, 0.5) is 5.69 Å². The van der Waals surface area contributed by atoms with E-state index in [1.165, 1.54) is 6.07 Å². The highest BCUT2D eigenvalue weighted by Gasteiger charge is 2.22. The molecule has 2 rings (SSSR count). The van der Waals surface area contributed by atoms with Gasteiger partial charge in [0.05, 0.1) is 12.0 Å². The van der Waals surface area contributed by atoms with Crippen LogP contribution >= 0.6 is 0 Å². The third kappa shape index (κ3) is 1.99. The lowest BCUT2D eigenvalue weighted by Gasteiger charge is -2.14. The van der Waals surface area contributed by atoms with Crippen molar-refractivity contribution < 1.29 is 9.66 Å². The first-order chi connectivity index (χ1) is 7.72. The molecule has 1 heterocycles. The summed E-state index contributed by atoms with van der Waals surface area (Å²) < 4.78 is 5.23. The van der Waals surface area contributed by atoms with Crippen LogP contribution in [0.1, 0.15) is 24.4 Å². The Kier molecular flexibility index (Phi) is 3.05. The van der Waals surface area contributed by atoms with Crippen LogP contribution < -0.4 is 10.1 Å². The minimum Gasteiger partial charge on any atom is -0.496 e. The van der Waals surface area contributed by atoms with Crippen molar-refractivity contribution in [3.63, 3.8) is 0 Å². The molecule has 86 valence electrons. The monoisotopic (exact) mass is 222 g/mol. The smallest absolute Gasteiger partial charge is 0.270 e. The van der Waals surface area contributed by atoms with Crippen LogP contribution in [0.15, 0.2) is 18.2 Å². The molecule has 0 unspecified atom stereocenters. The number of hydrogen-bond donors (Lipinski definition) is 1. The van der Waals surface area contributed by atoms with Gasteiger partial charge in [-0.05, 0) is 25.5 Å². The van der Waals surface area contributed by atoms with Gasteiger partial charge in [-0.2, -0.15) is 0 Å². The van der Waals surface area contributed by atoms with E-state index >= 15 is 0 Å². The summed E-state index contributed by atoms with van der Waals surface area (Å²) in [6, 6.07) is 4.90. The summed E-state index contributed by atoms with van der Waals surface area (Å²) in [5, 5.41) is 14.0. The third-order valence-electron chi connectivity index (χ3n) is 2.86. The number of nitro benzene ring substituents is 1. The first-order valence-corrected chi connectivity index (χ1v) is 5.28. The van der Waals surface area contributed by atoms with E-state index in [-0.39, 0.29) is 16.7 Å². The predicted octanol–water partition coefficient (Wildman–Crippen LogP) is 2.03. The number of nitrogens with one attached hydrogen (secondary N) is 1. The first-order valence-electron chi connectivity index (χ1n) is 5.28. The number of methoxy groups -OCH3 is 1. The van der Waals surface area contributed by atoms with Gasteiger partial charge in [-0.1, -0.05) is 0 Å². The Morgan fingerprint density at radius 3 is 2.94 bits per heavy atom. The van der Waals surface area contributed by atoms with Crippen LogP contribution in [0.3, 0.4) is 0 Å². The zero-order valence-electron chi connectivity index (χ0n) is 9.10. The van der Waals surface area contributed by atoms with Crippen LogP contribution in [0, 0.1) is 10.1 Å². The van der Waals surface area contributed by atoms with Gasteiger partial charge in [-0.25, -0.2) is 0 Å². The van der Waals surface area contributed by atoms with Crippen molar-refractivity contribution in [2.24, 2.45) is 0 Å². The number of benzene rings is 1. The zero-order chi connectivity index (χ0) is 11.5. The van der Waals surface area contributed by atoms with Crippen molar-refractivity contribution in [1.82, 2.24) is 5.32 Å². The maximum absolute atomic E-state index is 10.7. The van der Waals surface area contributed by atoms with E-state index in [1.54, 1.807) is 19.2 Å². The largest absolute Gasteiger partial charge is 0.496 e. The van der Waals surface area contributed by atoms with Gasteiger partial charge >= 0.3 is 0 Å². The molecule has 1 aliphatic heterocycles. The molecule has 16 heavy (non-hydrogen) atoms. The Bertz CT molecular complexity index is 400. The molecular formula is C11H14N2O3. The average Bonchev–Trinajstić information content (AvgIpc) is 2.81. The van der Waals surface area contributed by atoms with Crippen molar-refractivity contribution in [2.45, 2.75) is 18.9 Å². The minimum absolute atomic E-state index is 0.115. The molecule has 1 fully saturated rings. The lowest BCUT2D eigenvalue weighted by atomic mass is 10.0. The summed E-state index contributed by atoms with van der Waals surface area (Å²) >= 11 is 0. The van der Waals surface area contributed by atoms with E-state index in [4.69, 9.17) is 4.74 Å². The highest BCUT2D eigenvalue weighted by Crippen LogP contribution is 2.33. The molecule has 0 amide bonds. The highest BCUT2D eigenvalue weighted by atomic mass is 16.6. The number of hydrogen-bond acceptors (Lipinski definition) is 4. The summed E-state index contributed by atoms with van der Waals surface area (Å²) in [5.41, 5.74) is 0.999. The Balaban J connectivity index is 2.38. The van der Waals surface area contributed by atoms with Crippen molar-refractivity contribution in [1.29, 1.82) is 0 Å². The predicted molar refractivity (Wildman–Crippen MR) is 59.6 cm³/mol. The van der Waals surface area contributed by atoms with Gasteiger partial charge in [0, 0.05) is 23.7 Å². The first kappa shape index (κ1) is 10.9. The number of nitrogens with zero attached hydrogens (tertiary/aromatic N) is 1. The topological polar surface area (TPSA) is 64.4 Å². The van der Waals surface area contributed by atoms with Crippen molar-refractivity contribution in [3.05, 3.63) is 33.9 Å². The summed E-state index contributed by atoms with van der Waals surface area (Å²) in [4.78, 5) is 10.3. The SMILES string of the molecule is COc1ccc([N+](=O)[O-])cc1[C@H]1CCCN1. The molecule has 0 saturated carbocycles. The third-order valence-corrected chi connectivity index (χ3v) is 2.86. The molecule has 0 aromatic heterocycles. The van der Waals surface area contributed by atoms with Gasteiger partial charge in [-0.15, -0.1) is 0 Å². The molecule has 1 aliphatic rings. The molecule has 1 N–H and O–H groups in total. The molecular weight excluding hydrogens is 208 g/mol. The van der Waals surface area contributed by atoms with Gasteiger partial charge in [0.25, 0.3) is 5.69 Å². The van der Waals surface area contributed by atoms with E-state index in [0.29, 0.717) is 5.75 Å². The molecule has 5 nitrogen and oxygen atoms in total. The van der Waals surface area contributed by atoms with Crippen LogP contribution in [0.5, 0.6) is 5.75 Å². The summed E-state index contributed by atoms with van der Waals surface area (Å²) in [7, 11) is 1.58. The number of ether oxygens (including phenoxy) is 1. The van der Waals surface area contributed by atoms with Crippen LogP contribution in [-0.4, -0.2) is 18.6 Å². The fourth-order valence-corrected chi connectivity index (χ4v) is 2.06. The Morgan fingerprint density at radius 2 is 2.38 bits per heavy atom. The van der Waals surface area contributed by atoms with Crippen molar-refractivity contribution in [2.75, 3.05) is 13.7 Å². The van der Waals surface area contributed by atoms with Gasteiger partial charge in [0.1, 0.15) is 5.75 Å². The fraction of sp³-hybridized carbons (Fsp3) is 0.455. The van der Waals surface area contributed by atoms with E-state index in [0.717, 1.165) is 24.9 Å². The van der Waals surface area contributed by atoms with E-state index in [2.05, 4.69) is 5.32 Å². The number of nitro groups is 1. The molecule has 1 aromatic carbocycles. The second-order valence-corrected chi connectivity index (χ2v) is 3.83. The Hall–Kier alpha value is -1.62. The Morgan fingerprint density at radius 1 is 1.56 bits per heavy atom. The lowest BCUT2D eigenvalue weighted by molar-refractivity contribution is -0.385. The second kappa shape index (κ2) is 4.49. The average molecular weight is 222 g/mol. The molecule has 5 heteroatoms. The van der Waals surface area contributed by atoms with E-state index in [9.17, 15) is 10.1 Å². The van der Waals surface area contributed by atoms with Crippen molar-refractivity contribution >= 4 is 5.69 Å². The van der Waals surface area contributed by atoms with Crippen LogP contribution in [0.25, 0.3) is 0 Å². The molecule has 1 aromatic rings. The quantitative estimate of drug-likeness (QED) is 0.627. The fourth-order valence-electron chi connectivity index (χ4n) is 2.06. The standard InChI is InChI=1S/C11H14N2O3/c1-16-11-5-4-8(13(14)15)7-9(11)10-3-2-6-12-10/h4-5,7,10,12H,2-3,6H2,1H3/t10-/m1/s1. The maximum Gasteiger partial charge on any atom is 0.270 e. The zero-order valence-corrected chi connectivity index (χ0v) is 9.10. The van der Waals surface area contributed by atoms with E-state index < -0.39 is 0 Å². The number of rotatable bonds is 3. The van der Waals surface area contributed by atoms with Crippen molar-refractivity contribution in [3.8, 4) is 5.75 Å². The molecule has 0 spiro atoms. The molecule has 0 bridgehead atoms. The normalized spacial score (nSPS) is 19.7. The van der Waals surface area contributed by atoms with Gasteiger partial charge in [-0.3, -0.25) is 10.1 Å². The van der Waals surface area contributed by atoms with Gasteiger partial charge in [0.2, 0.25) is 0 Å². The second-order valence-electron chi connectivity index (χ2n) is 3.83. The van der Waals surface area contributed by atoms with Crippen LogP contribution in [-0.2, 0) is 0 Å². The van der Waals surface area contributed by atoms with E-state index in [1.807, 2.05) is 0 Å². The molecule has 0 aliphatic carbocycles. The van der Waals surface area contributed by atoms with Gasteiger partial charge in [0.15, 0.2) is 0 Å². The van der Waals surface area contributed by atoms with Crippen LogP contribution in [0.2, 0.25) is 0 Å². The molecule has 0 radical (unpaired) electrons. The molecule has 1 saturated heterocycles. The summed E-state index contributed by atoms with van der Waals surface area (Å²) in [6.07, 6.45) is 2.09. The summed E-state index contributed by atoms with van der Waals surface area (Å²) in [5.74, 6) is 0.713. The minimum atomic E-state index is -0.377. The summed E-state index contributed by atoms with van der Waals surface area (Å²) in [6.45, 7) is 0.955.